The fraction of sp³-hybridized carbons (Fsp3) is 0.238. The molecular weight excluding hydrogens is 437 g/mol. The van der Waals surface area contributed by atoms with Crippen LogP contribution in [0.25, 0.3) is 0 Å². The molecule has 31 heavy (non-hydrogen) atoms. The van der Waals surface area contributed by atoms with Crippen LogP contribution in [0.5, 0.6) is 0 Å². The third kappa shape index (κ3) is 5.29. The lowest BCUT2D eigenvalue weighted by Crippen LogP contribution is -2.43. The molecule has 2 aromatic carbocycles. The molecule has 1 heterocycles. The number of ether oxygens (including phenoxy) is 2. The van der Waals surface area contributed by atoms with Crippen molar-refractivity contribution in [3.8, 4) is 0 Å². The van der Waals surface area contributed by atoms with Crippen molar-refractivity contribution in [2.45, 2.75) is 32.7 Å². The molecule has 0 saturated carbocycles. The van der Waals surface area contributed by atoms with Crippen LogP contribution in [0.3, 0.4) is 0 Å². The fourth-order valence-corrected chi connectivity index (χ4v) is 2.98. The quantitative estimate of drug-likeness (QED) is 0.374. The number of halogens is 4. The first-order chi connectivity index (χ1) is 14.4. The Bertz CT molecular complexity index is 1040. The Morgan fingerprint density at radius 3 is 2.00 bits per heavy atom. The Labute approximate surface area is 181 Å². The average molecular weight is 455 g/mol. The van der Waals surface area contributed by atoms with Crippen LogP contribution < -0.4 is 10.6 Å². The summed E-state index contributed by atoms with van der Waals surface area (Å²) in [5, 5.41) is 5.00. The van der Waals surface area contributed by atoms with Gasteiger partial charge < -0.3 is 20.1 Å². The standard InChI is InChI=1S/C21H18ClF3N2O4/c1-11-4-6-12(7-5-11)26-17(16-18(28)30-20(2,3)31-19(16)29)27-13-8-9-15(22)14(10-13)21(23,24)25/h4-10,26-27H,1-3H3. The summed E-state index contributed by atoms with van der Waals surface area (Å²) in [4.78, 5) is 25.0. The SMILES string of the molecule is Cc1ccc(NC(Nc2ccc(Cl)c(C(F)(F)F)c2)=C2C(=O)OC(C)(C)OC2=O)cc1. The molecule has 0 atom stereocenters. The maximum absolute atomic E-state index is 13.2. The van der Waals surface area contributed by atoms with Crippen molar-refractivity contribution in [1.82, 2.24) is 0 Å². The Morgan fingerprint density at radius 2 is 1.45 bits per heavy atom. The highest BCUT2D eigenvalue weighted by Gasteiger charge is 2.41. The van der Waals surface area contributed by atoms with Crippen LogP contribution in [0.15, 0.2) is 53.9 Å². The minimum atomic E-state index is -4.70. The molecule has 3 rings (SSSR count). The van der Waals surface area contributed by atoms with Gasteiger partial charge in [0, 0.05) is 25.2 Å². The van der Waals surface area contributed by atoms with E-state index in [1.807, 2.05) is 6.92 Å². The van der Waals surface area contributed by atoms with Crippen LogP contribution in [-0.2, 0) is 25.2 Å². The average Bonchev–Trinajstić information content (AvgIpc) is 2.62. The number of hydrogen-bond acceptors (Lipinski definition) is 6. The van der Waals surface area contributed by atoms with Crippen molar-refractivity contribution in [3.63, 3.8) is 0 Å². The summed E-state index contributed by atoms with van der Waals surface area (Å²) in [6.45, 7) is 4.63. The Kier molecular flexibility index (Phi) is 5.91. The van der Waals surface area contributed by atoms with Crippen molar-refractivity contribution >= 4 is 34.9 Å². The fourth-order valence-electron chi connectivity index (χ4n) is 2.76. The monoisotopic (exact) mass is 454 g/mol. The van der Waals surface area contributed by atoms with Crippen molar-refractivity contribution in [1.29, 1.82) is 0 Å². The second kappa shape index (κ2) is 8.14. The van der Waals surface area contributed by atoms with Crippen molar-refractivity contribution in [2.24, 2.45) is 0 Å². The number of esters is 2. The Hall–Kier alpha value is -3.20. The second-order valence-electron chi connectivity index (χ2n) is 7.24. The van der Waals surface area contributed by atoms with E-state index >= 15 is 0 Å². The maximum atomic E-state index is 13.2. The van der Waals surface area contributed by atoms with Gasteiger partial charge in [0.25, 0.3) is 5.79 Å². The summed E-state index contributed by atoms with van der Waals surface area (Å²) in [6.07, 6.45) is -4.70. The van der Waals surface area contributed by atoms with E-state index in [2.05, 4.69) is 10.6 Å². The van der Waals surface area contributed by atoms with Gasteiger partial charge in [-0.1, -0.05) is 29.3 Å². The molecule has 0 bridgehead atoms. The highest BCUT2D eigenvalue weighted by Crippen LogP contribution is 2.36. The van der Waals surface area contributed by atoms with Crippen LogP contribution in [0.2, 0.25) is 5.02 Å². The van der Waals surface area contributed by atoms with Crippen LogP contribution in [0, 0.1) is 6.92 Å². The van der Waals surface area contributed by atoms with Gasteiger partial charge in [0.1, 0.15) is 5.82 Å². The van der Waals surface area contributed by atoms with E-state index in [1.165, 1.54) is 19.9 Å². The zero-order valence-electron chi connectivity index (χ0n) is 16.7. The molecule has 0 aliphatic carbocycles. The highest BCUT2D eigenvalue weighted by atomic mass is 35.5. The highest BCUT2D eigenvalue weighted by molar-refractivity contribution is 6.31. The number of cyclic esters (lactones) is 2. The predicted octanol–water partition coefficient (Wildman–Crippen LogP) is 5.24. The number of alkyl halides is 3. The third-order valence-electron chi connectivity index (χ3n) is 4.20. The number of hydrogen-bond donors (Lipinski definition) is 2. The smallest absolute Gasteiger partial charge is 0.417 e. The van der Waals surface area contributed by atoms with Gasteiger partial charge in [-0.3, -0.25) is 0 Å². The lowest BCUT2D eigenvalue weighted by atomic mass is 10.1. The number of benzene rings is 2. The van der Waals surface area contributed by atoms with Gasteiger partial charge in [-0.05, 0) is 37.3 Å². The molecule has 1 aliphatic rings. The molecule has 0 spiro atoms. The molecule has 0 radical (unpaired) electrons. The van der Waals surface area contributed by atoms with E-state index in [0.717, 1.165) is 17.7 Å². The van der Waals surface area contributed by atoms with E-state index in [-0.39, 0.29) is 11.5 Å². The summed E-state index contributed by atoms with van der Waals surface area (Å²) in [6, 6.07) is 9.99. The number of aryl methyl sites for hydroxylation is 1. The van der Waals surface area contributed by atoms with Crippen LogP contribution in [-0.4, -0.2) is 17.7 Å². The molecule has 1 saturated heterocycles. The molecule has 2 N–H and O–H groups in total. The van der Waals surface area contributed by atoms with Gasteiger partial charge in [0.15, 0.2) is 5.57 Å². The molecule has 0 aromatic heterocycles. The molecule has 0 unspecified atom stereocenters. The third-order valence-corrected chi connectivity index (χ3v) is 4.53. The first-order valence-corrected chi connectivity index (χ1v) is 9.42. The molecule has 6 nitrogen and oxygen atoms in total. The van der Waals surface area contributed by atoms with Crippen molar-refractivity contribution in [2.75, 3.05) is 10.6 Å². The first kappa shape index (κ1) is 22.5. The van der Waals surface area contributed by atoms with E-state index in [1.54, 1.807) is 24.3 Å². The van der Waals surface area contributed by atoms with Gasteiger partial charge in [-0.2, -0.15) is 13.2 Å². The Balaban J connectivity index is 2.06. The molecule has 1 aliphatic heterocycles. The topological polar surface area (TPSA) is 76.7 Å². The van der Waals surface area contributed by atoms with E-state index in [9.17, 15) is 22.8 Å². The van der Waals surface area contributed by atoms with Gasteiger partial charge >= 0.3 is 18.1 Å². The lowest BCUT2D eigenvalue weighted by Gasteiger charge is -2.31. The van der Waals surface area contributed by atoms with E-state index in [4.69, 9.17) is 21.1 Å². The second-order valence-corrected chi connectivity index (χ2v) is 7.64. The molecular formula is C21H18ClF3N2O4. The summed E-state index contributed by atoms with van der Waals surface area (Å²) in [5.74, 6) is -3.66. The number of nitrogens with one attached hydrogen (secondary N) is 2. The van der Waals surface area contributed by atoms with Gasteiger partial charge in [0.05, 0.1) is 10.6 Å². The van der Waals surface area contributed by atoms with Gasteiger partial charge in [-0.15, -0.1) is 0 Å². The zero-order chi connectivity index (χ0) is 23.0. The predicted molar refractivity (Wildman–Crippen MR) is 108 cm³/mol. The van der Waals surface area contributed by atoms with Crippen LogP contribution >= 0.6 is 11.6 Å². The minimum Gasteiger partial charge on any atom is -0.419 e. The molecule has 164 valence electrons. The number of carbonyl (C=O) groups is 2. The summed E-state index contributed by atoms with van der Waals surface area (Å²) >= 11 is 5.66. The molecule has 2 aromatic rings. The van der Waals surface area contributed by atoms with Crippen molar-refractivity contribution < 1.29 is 32.2 Å². The molecule has 10 heteroatoms. The van der Waals surface area contributed by atoms with E-state index < -0.39 is 40.1 Å². The minimum absolute atomic E-state index is 0.0655. The molecule has 0 amide bonds. The van der Waals surface area contributed by atoms with Crippen LogP contribution in [0.1, 0.15) is 25.0 Å². The van der Waals surface area contributed by atoms with E-state index in [0.29, 0.717) is 5.69 Å². The van der Waals surface area contributed by atoms with Gasteiger partial charge in [0.2, 0.25) is 0 Å². The number of rotatable bonds is 4. The van der Waals surface area contributed by atoms with Crippen LogP contribution in [0.4, 0.5) is 24.5 Å². The van der Waals surface area contributed by atoms with Crippen molar-refractivity contribution in [3.05, 3.63) is 70.0 Å². The summed E-state index contributed by atoms with van der Waals surface area (Å²) in [7, 11) is 0. The number of carbonyl (C=O) groups excluding carboxylic acids is 2. The van der Waals surface area contributed by atoms with Gasteiger partial charge in [-0.25, -0.2) is 9.59 Å². The summed E-state index contributed by atoms with van der Waals surface area (Å²) < 4.78 is 49.9. The normalized spacial score (nSPS) is 15.8. The lowest BCUT2D eigenvalue weighted by molar-refractivity contribution is -0.222. The number of anilines is 2. The zero-order valence-corrected chi connectivity index (χ0v) is 17.4. The maximum Gasteiger partial charge on any atom is 0.417 e. The summed E-state index contributed by atoms with van der Waals surface area (Å²) in [5.41, 5.74) is -0.240. The molecule has 1 fully saturated rings. The Morgan fingerprint density at radius 1 is 0.935 bits per heavy atom. The first-order valence-electron chi connectivity index (χ1n) is 9.04. The largest absolute Gasteiger partial charge is 0.419 e.